The van der Waals surface area contributed by atoms with E-state index < -0.39 is 45.8 Å². The van der Waals surface area contributed by atoms with Gasteiger partial charge in [-0.25, -0.2) is 0 Å². The van der Waals surface area contributed by atoms with Crippen LogP contribution in [0, 0.1) is 5.92 Å². The van der Waals surface area contributed by atoms with Crippen LogP contribution in [0.25, 0.3) is 0 Å². The number of alkyl halides is 7. The third-order valence-electron chi connectivity index (χ3n) is 3.77. The first-order valence-corrected chi connectivity index (χ1v) is 6.89. The molecule has 1 aliphatic heterocycles. The second-order valence-electron chi connectivity index (χ2n) is 4.92. The highest BCUT2D eigenvalue weighted by Gasteiger charge is 2.81. The zero-order chi connectivity index (χ0) is 15.5. The highest BCUT2D eigenvalue weighted by Crippen LogP contribution is 2.59. The maximum atomic E-state index is 13.0. The molecule has 1 N–H and O–H groups in total. The van der Waals surface area contributed by atoms with Crippen molar-refractivity contribution in [1.29, 1.82) is 0 Å². The van der Waals surface area contributed by atoms with E-state index in [2.05, 4.69) is 0 Å². The molecule has 116 valence electrons. The molecule has 1 saturated carbocycles. The average Bonchev–Trinajstić information content (AvgIpc) is 2.74. The number of fused-ring (bicyclic) bond motifs is 2. The van der Waals surface area contributed by atoms with Gasteiger partial charge in [0.1, 0.15) is 6.10 Å². The Balaban J connectivity index is 2.37. The smallest absolute Gasteiger partial charge is 0.415 e. The van der Waals surface area contributed by atoms with Gasteiger partial charge < -0.3 is 4.74 Å². The fraction of sp³-hybridized carbons (Fsp3) is 0.900. The molecule has 2 bridgehead atoms. The van der Waals surface area contributed by atoms with Gasteiger partial charge in [-0.1, -0.05) is 22.6 Å². The van der Waals surface area contributed by atoms with Gasteiger partial charge in [0.15, 0.2) is 0 Å². The maximum Gasteiger partial charge on any atom is 0.415 e. The van der Waals surface area contributed by atoms with Crippen LogP contribution in [0.4, 0.5) is 26.3 Å². The molecular formula is C10H10F6INO2. The van der Waals surface area contributed by atoms with Gasteiger partial charge in [-0.2, -0.15) is 26.3 Å². The van der Waals surface area contributed by atoms with Crippen LogP contribution in [0.3, 0.4) is 0 Å². The molecule has 0 amide bonds. The Kier molecular flexibility index (Phi) is 3.72. The van der Waals surface area contributed by atoms with Crippen molar-refractivity contribution in [3.8, 4) is 0 Å². The number of carbonyl (C=O) groups excluding carboxylic acids is 1. The summed E-state index contributed by atoms with van der Waals surface area (Å²) in [5, 5.41) is 1.64. The summed E-state index contributed by atoms with van der Waals surface area (Å²) < 4.78 is 82.0. The summed E-state index contributed by atoms with van der Waals surface area (Å²) >= 11 is 1.51. The largest absolute Gasteiger partial charge is 0.460 e. The molecule has 4 atom stereocenters. The number of hydrogen-bond acceptors (Lipinski definition) is 3. The lowest BCUT2D eigenvalue weighted by Gasteiger charge is -2.44. The van der Waals surface area contributed by atoms with Gasteiger partial charge in [-0.05, 0) is 6.42 Å². The Labute approximate surface area is 123 Å². The van der Waals surface area contributed by atoms with E-state index in [0.29, 0.717) is 0 Å². The van der Waals surface area contributed by atoms with Gasteiger partial charge in [0.05, 0.1) is 3.92 Å². The quantitative estimate of drug-likeness (QED) is 0.309. The molecule has 0 aromatic heterocycles. The van der Waals surface area contributed by atoms with Gasteiger partial charge in [0.25, 0.3) is 0 Å². The van der Waals surface area contributed by atoms with Gasteiger partial charge in [0.2, 0.25) is 5.54 Å². The predicted molar refractivity (Wildman–Crippen MR) is 63.2 cm³/mol. The second-order valence-corrected chi connectivity index (χ2v) is 6.35. The van der Waals surface area contributed by atoms with Gasteiger partial charge >= 0.3 is 18.3 Å². The van der Waals surface area contributed by atoms with Crippen LogP contribution < -0.4 is 5.32 Å². The summed E-state index contributed by atoms with van der Waals surface area (Å²) in [5.41, 5.74) is -3.92. The lowest BCUT2D eigenvalue weighted by Crippen LogP contribution is -2.73. The molecule has 20 heavy (non-hydrogen) atoms. The molecule has 0 spiro atoms. The van der Waals surface area contributed by atoms with Crippen molar-refractivity contribution >= 4 is 28.6 Å². The molecule has 0 radical (unpaired) electrons. The number of ether oxygens (including phenoxy) is 1. The second kappa shape index (κ2) is 4.62. The van der Waals surface area contributed by atoms with E-state index in [1.54, 1.807) is 5.32 Å². The summed E-state index contributed by atoms with van der Waals surface area (Å²) in [4.78, 5) is 10.9. The van der Waals surface area contributed by atoms with E-state index in [9.17, 15) is 31.1 Å². The van der Waals surface area contributed by atoms with E-state index in [1.165, 1.54) is 22.6 Å². The summed E-state index contributed by atoms with van der Waals surface area (Å²) in [7, 11) is 0. The first-order valence-electron chi connectivity index (χ1n) is 5.64. The first-order chi connectivity index (χ1) is 8.92. The van der Waals surface area contributed by atoms with Crippen LogP contribution in [0.2, 0.25) is 0 Å². The molecule has 2 aliphatic rings. The van der Waals surface area contributed by atoms with E-state index in [0.717, 1.165) is 6.92 Å². The number of carbonyl (C=O) groups is 1. The number of rotatable bonds is 1. The Hall–Kier alpha value is -0.260. The van der Waals surface area contributed by atoms with Crippen LogP contribution in [-0.2, 0) is 9.53 Å². The van der Waals surface area contributed by atoms with Crippen LogP contribution in [-0.4, -0.2) is 39.9 Å². The minimum absolute atomic E-state index is 0.329. The lowest BCUT2D eigenvalue weighted by molar-refractivity contribution is -0.319. The minimum Gasteiger partial charge on any atom is -0.460 e. The zero-order valence-corrected chi connectivity index (χ0v) is 12.1. The van der Waals surface area contributed by atoms with E-state index in [1.807, 2.05) is 0 Å². The van der Waals surface area contributed by atoms with Crippen molar-refractivity contribution in [1.82, 2.24) is 5.32 Å². The fourth-order valence-corrected chi connectivity index (χ4v) is 4.51. The molecule has 0 aromatic carbocycles. The van der Waals surface area contributed by atoms with Crippen molar-refractivity contribution in [2.24, 2.45) is 5.92 Å². The zero-order valence-electron chi connectivity index (χ0n) is 9.98. The third kappa shape index (κ3) is 2.09. The predicted octanol–water partition coefficient (Wildman–Crippen LogP) is 2.58. The maximum absolute atomic E-state index is 13.0. The monoisotopic (exact) mass is 417 g/mol. The molecule has 1 saturated heterocycles. The molecule has 2 fully saturated rings. The number of esters is 1. The van der Waals surface area contributed by atoms with E-state index >= 15 is 0 Å². The number of halogens is 7. The van der Waals surface area contributed by atoms with Crippen molar-refractivity contribution < 1.29 is 35.9 Å². The van der Waals surface area contributed by atoms with E-state index in [-0.39, 0.29) is 6.42 Å². The Morgan fingerprint density at radius 2 is 1.75 bits per heavy atom. The topological polar surface area (TPSA) is 38.3 Å². The molecule has 0 unspecified atom stereocenters. The Morgan fingerprint density at radius 3 is 2.10 bits per heavy atom. The normalized spacial score (nSPS) is 36.2. The number of hydrogen-bond donors (Lipinski definition) is 1. The SMILES string of the molecule is CC(=O)O[C@H]1[C@@H](I)[C@@H]2C[C@H]1NC2(C(F)(F)F)C(F)(F)F. The van der Waals surface area contributed by atoms with Crippen molar-refractivity contribution in [3.05, 3.63) is 0 Å². The van der Waals surface area contributed by atoms with Crippen LogP contribution in [0.1, 0.15) is 13.3 Å². The summed E-state index contributed by atoms with van der Waals surface area (Å²) in [6.45, 7) is 1.07. The first kappa shape index (κ1) is 16.1. The number of nitrogens with one attached hydrogen (secondary N) is 1. The highest BCUT2D eigenvalue weighted by molar-refractivity contribution is 14.1. The van der Waals surface area contributed by atoms with Crippen molar-refractivity contribution in [2.75, 3.05) is 0 Å². The van der Waals surface area contributed by atoms with Gasteiger partial charge in [-0.3, -0.25) is 10.1 Å². The Bertz CT molecular complexity index is 407. The molecule has 1 heterocycles. The Morgan fingerprint density at radius 1 is 1.25 bits per heavy atom. The van der Waals surface area contributed by atoms with E-state index in [4.69, 9.17) is 4.74 Å². The molecule has 0 aromatic rings. The third-order valence-corrected chi connectivity index (χ3v) is 5.35. The molecule has 2 rings (SSSR count). The average molecular weight is 417 g/mol. The van der Waals surface area contributed by atoms with Crippen LogP contribution >= 0.6 is 22.6 Å². The number of piperidine rings is 1. The molecular weight excluding hydrogens is 407 g/mol. The van der Waals surface area contributed by atoms with Gasteiger partial charge in [-0.15, -0.1) is 0 Å². The molecule has 1 aliphatic carbocycles. The molecule has 3 nitrogen and oxygen atoms in total. The van der Waals surface area contributed by atoms with Crippen LogP contribution in [0.15, 0.2) is 0 Å². The van der Waals surface area contributed by atoms with Gasteiger partial charge in [0, 0.05) is 18.9 Å². The summed E-state index contributed by atoms with van der Waals surface area (Å²) in [6.07, 6.45) is -12.2. The minimum atomic E-state index is -5.46. The molecule has 10 heteroatoms. The standard InChI is InChI=1S/C10H10F6INO2/c1-3(19)20-7-5-2-4(6(7)17)8(18-5,9(11,12)13)10(14,15)16/h4-7,18H,2H2,1H3/t4-,5+,6-,7+/m0/s1. The summed E-state index contributed by atoms with van der Waals surface area (Å²) in [5.74, 6) is -2.44. The summed E-state index contributed by atoms with van der Waals surface area (Å²) in [6, 6.07) is -1.14. The highest BCUT2D eigenvalue weighted by atomic mass is 127. The van der Waals surface area contributed by atoms with Crippen LogP contribution in [0.5, 0.6) is 0 Å². The van der Waals surface area contributed by atoms with Crippen molar-refractivity contribution in [3.63, 3.8) is 0 Å². The lowest BCUT2D eigenvalue weighted by atomic mass is 9.82. The fourth-order valence-electron chi connectivity index (χ4n) is 3.03. The van der Waals surface area contributed by atoms with Crippen molar-refractivity contribution in [2.45, 2.75) is 47.3 Å².